The number of methoxy groups -OCH3 is 2. The van der Waals surface area contributed by atoms with Crippen molar-refractivity contribution in [3.63, 3.8) is 0 Å². The molecule has 2 N–H and O–H groups in total. The quantitative estimate of drug-likeness (QED) is 0.745. The number of benzene rings is 1. The molecule has 0 unspecified atom stereocenters. The van der Waals surface area contributed by atoms with E-state index in [-0.39, 0.29) is 5.91 Å². The first-order valence-electron chi connectivity index (χ1n) is 5.83. The second kappa shape index (κ2) is 7.55. The molecule has 1 amide bonds. The smallest absolute Gasteiger partial charge is 0.233 e. The zero-order valence-electron chi connectivity index (χ0n) is 11.1. The first kappa shape index (κ1) is 14.3. The van der Waals surface area contributed by atoms with Crippen LogP contribution in [0, 0.1) is 0 Å². The van der Waals surface area contributed by atoms with Crippen LogP contribution in [0.3, 0.4) is 0 Å². The number of rotatable bonds is 7. The molecule has 18 heavy (non-hydrogen) atoms. The Kier molecular flexibility index (Phi) is 6.00. The highest BCUT2D eigenvalue weighted by Gasteiger charge is 2.05. The Morgan fingerprint density at radius 3 is 2.56 bits per heavy atom. The number of likely N-dealkylation sites (N-methyl/N-ethyl adjacent to an activating group) is 1. The van der Waals surface area contributed by atoms with Gasteiger partial charge in [0.2, 0.25) is 5.91 Å². The molecule has 0 bridgehead atoms. The Balaban J connectivity index is 2.50. The fraction of sp³-hybridized carbons (Fsp3) is 0.462. The van der Waals surface area contributed by atoms with E-state index in [0.717, 1.165) is 12.0 Å². The molecule has 0 saturated carbocycles. The average Bonchev–Trinajstić information content (AvgIpc) is 2.38. The van der Waals surface area contributed by atoms with E-state index in [4.69, 9.17) is 9.47 Å². The third kappa shape index (κ3) is 4.25. The predicted molar refractivity (Wildman–Crippen MR) is 70.2 cm³/mol. The van der Waals surface area contributed by atoms with Crippen LogP contribution in [-0.2, 0) is 11.2 Å². The summed E-state index contributed by atoms with van der Waals surface area (Å²) in [6.07, 6.45) is 0.760. The van der Waals surface area contributed by atoms with Crippen LogP contribution in [0.5, 0.6) is 11.5 Å². The maximum absolute atomic E-state index is 11.2. The van der Waals surface area contributed by atoms with E-state index < -0.39 is 0 Å². The molecule has 1 rings (SSSR count). The summed E-state index contributed by atoms with van der Waals surface area (Å²) in [5, 5.41) is 5.63. The Bertz CT molecular complexity index is 394. The van der Waals surface area contributed by atoms with Crippen LogP contribution in [0.25, 0.3) is 0 Å². The highest BCUT2D eigenvalue weighted by molar-refractivity contribution is 5.77. The number of carbonyl (C=O) groups excluding carboxylic acids is 1. The molecule has 0 heterocycles. The molecule has 0 radical (unpaired) electrons. The maximum atomic E-state index is 11.2. The molecule has 100 valence electrons. The van der Waals surface area contributed by atoms with Gasteiger partial charge in [0.25, 0.3) is 0 Å². The largest absolute Gasteiger partial charge is 0.493 e. The van der Waals surface area contributed by atoms with Gasteiger partial charge in [-0.3, -0.25) is 4.79 Å². The van der Waals surface area contributed by atoms with Crippen molar-refractivity contribution in [3.8, 4) is 11.5 Å². The third-order valence-corrected chi connectivity index (χ3v) is 2.52. The van der Waals surface area contributed by atoms with Crippen molar-refractivity contribution in [1.82, 2.24) is 10.6 Å². The molecule has 5 heteroatoms. The van der Waals surface area contributed by atoms with Gasteiger partial charge in [-0.05, 0) is 31.2 Å². The van der Waals surface area contributed by atoms with Crippen molar-refractivity contribution in [2.24, 2.45) is 0 Å². The number of amides is 1. The van der Waals surface area contributed by atoms with Crippen LogP contribution in [0.4, 0.5) is 0 Å². The number of carbonyl (C=O) groups is 1. The standard InChI is InChI=1S/C13H20N2O3/c1-14-9-13(16)15-7-6-10-4-5-11(17-2)12(8-10)18-3/h4-5,8,14H,6-7,9H2,1-3H3,(H,15,16). The SMILES string of the molecule is CNCC(=O)NCCc1ccc(OC)c(OC)c1. The van der Waals surface area contributed by atoms with Crippen LogP contribution >= 0.6 is 0 Å². The molecule has 0 saturated heterocycles. The van der Waals surface area contributed by atoms with Crippen molar-refractivity contribution in [3.05, 3.63) is 23.8 Å². The Labute approximate surface area is 107 Å². The van der Waals surface area contributed by atoms with Gasteiger partial charge in [-0.15, -0.1) is 0 Å². The number of nitrogens with one attached hydrogen (secondary N) is 2. The molecule has 0 aliphatic rings. The van der Waals surface area contributed by atoms with Crippen molar-refractivity contribution in [2.75, 3.05) is 34.4 Å². The lowest BCUT2D eigenvalue weighted by Crippen LogP contribution is -2.33. The Morgan fingerprint density at radius 2 is 1.94 bits per heavy atom. The van der Waals surface area contributed by atoms with Crippen molar-refractivity contribution < 1.29 is 14.3 Å². The van der Waals surface area contributed by atoms with Gasteiger partial charge in [0.05, 0.1) is 20.8 Å². The molecular formula is C13H20N2O3. The first-order chi connectivity index (χ1) is 8.71. The minimum Gasteiger partial charge on any atom is -0.493 e. The molecule has 0 aromatic heterocycles. The van der Waals surface area contributed by atoms with E-state index >= 15 is 0 Å². The second-order valence-electron chi connectivity index (χ2n) is 3.82. The summed E-state index contributed by atoms with van der Waals surface area (Å²) in [6.45, 7) is 0.946. The summed E-state index contributed by atoms with van der Waals surface area (Å²) < 4.78 is 10.4. The van der Waals surface area contributed by atoms with Gasteiger partial charge in [0, 0.05) is 6.54 Å². The monoisotopic (exact) mass is 252 g/mol. The summed E-state index contributed by atoms with van der Waals surface area (Å²) in [4.78, 5) is 11.2. The highest BCUT2D eigenvalue weighted by Crippen LogP contribution is 2.27. The molecule has 0 atom stereocenters. The fourth-order valence-corrected chi connectivity index (χ4v) is 1.61. The Hall–Kier alpha value is -1.75. The van der Waals surface area contributed by atoms with Crippen LogP contribution in [0.1, 0.15) is 5.56 Å². The van der Waals surface area contributed by atoms with Gasteiger partial charge in [0.1, 0.15) is 0 Å². The highest BCUT2D eigenvalue weighted by atomic mass is 16.5. The van der Waals surface area contributed by atoms with Gasteiger partial charge in [-0.1, -0.05) is 6.07 Å². The summed E-state index contributed by atoms with van der Waals surface area (Å²) >= 11 is 0. The van der Waals surface area contributed by atoms with Crippen molar-refractivity contribution in [2.45, 2.75) is 6.42 Å². The van der Waals surface area contributed by atoms with Gasteiger partial charge in [0.15, 0.2) is 11.5 Å². The summed E-state index contributed by atoms with van der Waals surface area (Å²) in [5.74, 6) is 1.41. The minimum absolute atomic E-state index is 0.00187. The fourth-order valence-electron chi connectivity index (χ4n) is 1.61. The lowest BCUT2D eigenvalue weighted by atomic mass is 10.1. The van der Waals surface area contributed by atoms with E-state index in [0.29, 0.717) is 24.6 Å². The summed E-state index contributed by atoms with van der Waals surface area (Å²) in [6, 6.07) is 5.75. The third-order valence-electron chi connectivity index (χ3n) is 2.52. The van der Waals surface area contributed by atoms with E-state index in [1.165, 1.54) is 0 Å². The van der Waals surface area contributed by atoms with Gasteiger partial charge in [-0.2, -0.15) is 0 Å². The van der Waals surface area contributed by atoms with Crippen molar-refractivity contribution >= 4 is 5.91 Å². The van der Waals surface area contributed by atoms with Crippen LogP contribution < -0.4 is 20.1 Å². The number of hydrogen-bond acceptors (Lipinski definition) is 4. The van der Waals surface area contributed by atoms with Crippen LogP contribution in [0.2, 0.25) is 0 Å². The molecule has 5 nitrogen and oxygen atoms in total. The maximum Gasteiger partial charge on any atom is 0.233 e. The summed E-state index contributed by atoms with van der Waals surface area (Å²) in [7, 11) is 4.96. The minimum atomic E-state index is -0.00187. The van der Waals surface area contributed by atoms with Crippen LogP contribution in [-0.4, -0.2) is 40.3 Å². The van der Waals surface area contributed by atoms with Gasteiger partial charge < -0.3 is 20.1 Å². The van der Waals surface area contributed by atoms with Gasteiger partial charge >= 0.3 is 0 Å². The summed E-state index contributed by atoms with van der Waals surface area (Å²) in [5.41, 5.74) is 1.09. The molecule has 0 aliphatic heterocycles. The van der Waals surface area contributed by atoms with E-state index in [2.05, 4.69) is 10.6 Å². The zero-order valence-corrected chi connectivity index (χ0v) is 11.1. The van der Waals surface area contributed by atoms with E-state index in [1.807, 2.05) is 18.2 Å². The lowest BCUT2D eigenvalue weighted by molar-refractivity contribution is -0.120. The number of hydrogen-bond donors (Lipinski definition) is 2. The predicted octanol–water partition coefficient (Wildman–Crippen LogP) is 0.582. The molecular weight excluding hydrogens is 232 g/mol. The van der Waals surface area contributed by atoms with E-state index in [9.17, 15) is 4.79 Å². The molecule has 1 aromatic carbocycles. The average molecular weight is 252 g/mol. The van der Waals surface area contributed by atoms with E-state index in [1.54, 1.807) is 21.3 Å². The molecule has 1 aromatic rings. The zero-order chi connectivity index (χ0) is 13.4. The van der Waals surface area contributed by atoms with Gasteiger partial charge in [-0.25, -0.2) is 0 Å². The topological polar surface area (TPSA) is 59.6 Å². The normalized spacial score (nSPS) is 9.94. The molecule has 0 spiro atoms. The van der Waals surface area contributed by atoms with Crippen LogP contribution in [0.15, 0.2) is 18.2 Å². The molecule has 0 fully saturated rings. The number of ether oxygens (including phenoxy) is 2. The Morgan fingerprint density at radius 1 is 1.22 bits per heavy atom. The lowest BCUT2D eigenvalue weighted by Gasteiger charge is -2.10. The van der Waals surface area contributed by atoms with Crippen molar-refractivity contribution in [1.29, 1.82) is 0 Å². The first-order valence-corrected chi connectivity index (χ1v) is 5.83. The molecule has 0 aliphatic carbocycles. The second-order valence-corrected chi connectivity index (χ2v) is 3.82.